The summed E-state index contributed by atoms with van der Waals surface area (Å²) >= 11 is 0. The lowest BCUT2D eigenvalue weighted by atomic mass is 9.77. The minimum absolute atomic E-state index is 0.0538. The molecule has 2 aromatic carbocycles. The monoisotopic (exact) mass is 472 g/mol. The van der Waals surface area contributed by atoms with Gasteiger partial charge in [-0.05, 0) is 80.1 Å². The fraction of sp³-hybridized carbons (Fsp3) is 0.423. The van der Waals surface area contributed by atoms with E-state index >= 15 is 0 Å². The van der Waals surface area contributed by atoms with E-state index in [1.54, 1.807) is 17.0 Å². The number of likely N-dealkylation sites (tertiary alicyclic amines) is 2. The Morgan fingerprint density at radius 3 is 2.38 bits per heavy atom. The fourth-order valence-electron chi connectivity index (χ4n) is 5.03. The Hall–Kier alpha value is -2.87. The van der Waals surface area contributed by atoms with Crippen molar-refractivity contribution < 1.29 is 22.8 Å². The molecule has 0 saturated carbocycles. The summed E-state index contributed by atoms with van der Waals surface area (Å²) < 4.78 is 38.3. The van der Waals surface area contributed by atoms with Crippen molar-refractivity contribution in [3.8, 4) is 0 Å². The number of carbonyl (C=O) groups excluding carboxylic acids is 2. The molecule has 2 N–H and O–H groups in total. The smallest absolute Gasteiger partial charge is 0.366 e. The molecule has 2 aliphatic heterocycles. The number of benzene rings is 2. The van der Waals surface area contributed by atoms with E-state index in [1.807, 2.05) is 18.6 Å². The van der Waals surface area contributed by atoms with Gasteiger partial charge in [0.1, 0.15) is 0 Å². The summed E-state index contributed by atoms with van der Waals surface area (Å²) in [6.45, 7) is 3.65. The van der Waals surface area contributed by atoms with Crippen LogP contribution in [-0.4, -0.2) is 47.8 Å². The maximum atomic E-state index is 12.8. The average molecular weight is 473 g/mol. The van der Waals surface area contributed by atoms with Gasteiger partial charge in [-0.2, -0.15) is 13.2 Å². The zero-order chi connectivity index (χ0) is 24.3. The highest BCUT2D eigenvalue weighted by Crippen LogP contribution is 2.41. The molecule has 34 heavy (non-hydrogen) atoms. The molecule has 1 radical (unpaired) electrons. The van der Waals surface area contributed by atoms with E-state index in [1.165, 1.54) is 12.1 Å². The number of halogens is 3. The lowest BCUT2D eigenvalue weighted by Crippen LogP contribution is -2.41. The van der Waals surface area contributed by atoms with Gasteiger partial charge in [0.25, 0.3) is 0 Å². The molecule has 1 spiro atoms. The number of piperidine rings is 1. The van der Waals surface area contributed by atoms with E-state index in [4.69, 9.17) is 5.73 Å². The van der Waals surface area contributed by atoms with Crippen LogP contribution in [0.1, 0.15) is 52.7 Å². The molecule has 2 fully saturated rings. The quantitative estimate of drug-likeness (QED) is 0.655. The van der Waals surface area contributed by atoms with Crippen molar-refractivity contribution in [2.75, 3.05) is 26.2 Å². The molecule has 2 aromatic rings. The SMILES string of the molecule is NC(=O)c1ccccc1[CH]CCN1CCC2(CC1)CC(=O)N(Cc1ccc(C(F)(F)F)cc1)C2. The van der Waals surface area contributed by atoms with Gasteiger partial charge in [0.2, 0.25) is 11.8 Å². The van der Waals surface area contributed by atoms with E-state index in [9.17, 15) is 22.8 Å². The minimum atomic E-state index is -4.36. The van der Waals surface area contributed by atoms with E-state index in [-0.39, 0.29) is 11.3 Å². The Bertz CT molecular complexity index is 1030. The van der Waals surface area contributed by atoms with Gasteiger partial charge in [0.15, 0.2) is 0 Å². The average Bonchev–Trinajstić information content (AvgIpc) is 3.09. The highest BCUT2D eigenvalue weighted by molar-refractivity contribution is 5.94. The molecule has 0 aliphatic carbocycles. The molecule has 181 valence electrons. The maximum Gasteiger partial charge on any atom is 0.416 e. The molecule has 5 nitrogen and oxygen atoms in total. The summed E-state index contributed by atoms with van der Waals surface area (Å²) in [5.41, 5.74) is 6.80. The van der Waals surface area contributed by atoms with Gasteiger partial charge < -0.3 is 15.5 Å². The number of amides is 2. The van der Waals surface area contributed by atoms with Crippen LogP contribution in [0, 0.1) is 11.8 Å². The van der Waals surface area contributed by atoms with Crippen LogP contribution >= 0.6 is 0 Å². The Kier molecular flexibility index (Phi) is 6.98. The number of nitrogens with zero attached hydrogens (tertiary/aromatic N) is 2. The van der Waals surface area contributed by atoms with Crippen LogP contribution in [0.5, 0.6) is 0 Å². The van der Waals surface area contributed by atoms with Crippen molar-refractivity contribution in [2.45, 2.75) is 38.4 Å². The third-order valence-electron chi connectivity index (χ3n) is 7.01. The standard InChI is InChI=1S/C26H29F3N3O2/c27-26(28,29)21-9-7-19(8-10-21)17-32-18-25(16-23(32)33)11-14-31(15-12-25)13-3-5-20-4-1-2-6-22(20)24(30)34/h1-2,4-10H,3,11-18H2,(H2,30,34). The second-order valence-electron chi connectivity index (χ2n) is 9.41. The normalized spacial score (nSPS) is 18.6. The first-order valence-corrected chi connectivity index (χ1v) is 11.5. The van der Waals surface area contributed by atoms with Crippen LogP contribution in [0.2, 0.25) is 0 Å². The van der Waals surface area contributed by atoms with Crippen molar-refractivity contribution in [2.24, 2.45) is 11.1 Å². The van der Waals surface area contributed by atoms with Gasteiger partial charge in [-0.15, -0.1) is 0 Å². The summed E-state index contributed by atoms with van der Waals surface area (Å²) in [6, 6.07) is 12.4. The first-order chi connectivity index (χ1) is 16.2. The first-order valence-electron chi connectivity index (χ1n) is 11.5. The van der Waals surface area contributed by atoms with Gasteiger partial charge in [0, 0.05) is 25.1 Å². The highest BCUT2D eigenvalue weighted by Gasteiger charge is 2.44. The maximum absolute atomic E-state index is 12.8. The van der Waals surface area contributed by atoms with Crippen molar-refractivity contribution in [1.82, 2.24) is 9.80 Å². The zero-order valence-electron chi connectivity index (χ0n) is 19.0. The van der Waals surface area contributed by atoms with Crippen LogP contribution < -0.4 is 5.73 Å². The molecule has 0 unspecified atom stereocenters. The second-order valence-corrected chi connectivity index (χ2v) is 9.41. The van der Waals surface area contributed by atoms with Gasteiger partial charge in [0.05, 0.1) is 5.56 Å². The summed E-state index contributed by atoms with van der Waals surface area (Å²) in [7, 11) is 0. The summed E-state index contributed by atoms with van der Waals surface area (Å²) in [4.78, 5) is 28.4. The highest BCUT2D eigenvalue weighted by atomic mass is 19.4. The molecule has 4 rings (SSSR count). The number of hydrogen-bond acceptors (Lipinski definition) is 3. The Balaban J connectivity index is 1.26. The topological polar surface area (TPSA) is 66.6 Å². The number of rotatable bonds is 7. The molecule has 2 aliphatic rings. The summed E-state index contributed by atoms with van der Waals surface area (Å²) in [5, 5.41) is 0. The van der Waals surface area contributed by atoms with Crippen molar-refractivity contribution in [3.63, 3.8) is 0 Å². The minimum Gasteiger partial charge on any atom is -0.366 e. The van der Waals surface area contributed by atoms with Crippen LogP contribution in [-0.2, 0) is 17.5 Å². The Morgan fingerprint density at radius 2 is 1.74 bits per heavy atom. The third-order valence-corrected chi connectivity index (χ3v) is 7.01. The predicted octanol–water partition coefficient (Wildman–Crippen LogP) is 4.26. The molecule has 8 heteroatoms. The lowest BCUT2D eigenvalue weighted by Gasteiger charge is -2.38. The van der Waals surface area contributed by atoms with Crippen molar-refractivity contribution in [3.05, 3.63) is 77.2 Å². The van der Waals surface area contributed by atoms with Crippen LogP contribution in [0.25, 0.3) is 0 Å². The number of alkyl halides is 3. The first kappa shape index (κ1) is 24.3. The van der Waals surface area contributed by atoms with Gasteiger partial charge in [-0.3, -0.25) is 9.59 Å². The van der Waals surface area contributed by atoms with Gasteiger partial charge >= 0.3 is 6.18 Å². The van der Waals surface area contributed by atoms with Crippen molar-refractivity contribution in [1.29, 1.82) is 0 Å². The van der Waals surface area contributed by atoms with Crippen LogP contribution in [0.4, 0.5) is 13.2 Å². The number of carbonyl (C=O) groups is 2. The molecular weight excluding hydrogens is 443 g/mol. The third kappa shape index (κ3) is 5.60. The predicted molar refractivity (Wildman–Crippen MR) is 123 cm³/mol. The second kappa shape index (κ2) is 9.78. The summed E-state index contributed by atoms with van der Waals surface area (Å²) in [5.74, 6) is -0.358. The van der Waals surface area contributed by atoms with Crippen molar-refractivity contribution >= 4 is 11.8 Å². The lowest BCUT2D eigenvalue weighted by molar-refractivity contribution is -0.137. The molecule has 2 saturated heterocycles. The van der Waals surface area contributed by atoms with Crippen LogP contribution in [0.15, 0.2) is 48.5 Å². The van der Waals surface area contributed by atoms with Gasteiger partial charge in [-0.1, -0.05) is 30.3 Å². The molecule has 0 atom stereocenters. The fourth-order valence-corrected chi connectivity index (χ4v) is 5.03. The number of hydrogen-bond donors (Lipinski definition) is 1. The van der Waals surface area contributed by atoms with E-state index in [0.29, 0.717) is 30.6 Å². The Morgan fingerprint density at radius 1 is 1.06 bits per heavy atom. The molecule has 2 heterocycles. The zero-order valence-corrected chi connectivity index (χ0v) is 19.0. The summed E-state index contributed by atoms with van der Waals surface area (Å²) in [6.07, 6.45) is 0.814. The van der Waals surface area contributed by atoms with Gasteiger partial charge in [-0.25, -0.2) is 0 Å². The van der Waals surface area contributed by atoms with E-state index in [2.05, 4.69) is 4.90 Å². The largest absolute Gasteiger partial charge is 0.416 e. The van der Waals surface area contributed by atoms with E-state index in [0.717, 1.165) is 56.6 Å². The molecule has 0 bridgehead atoms. The molecular formula is C26H29F3N3O2. The molecule has 2 amide bonds. The van der Waals surface area contributed by atoms with Crippen LogP contribution in [0.3, 0.4) is 0 Å². The number of primary amides is 1. The molecule has 0 aromatic heterocycles. The number of nitrogens with two attached hydrogens (primary N) is 1. The Labute approximate surface area is 197 Å². The van der Waals surface area contributed by atoms with E-state index < -0.39 is 17.6 Å².